The maximum Gasteiger partial charge on any atom is 0.358 e. The van der Waals surface area contributed by atoms with Gasteiger partial charge in [0.05, 0.1) is 21.7 Å². The molecule has 0 saturated heterocycles. The largest absolute Gasteiger partial charge is 0.461 e. The van der Waals surface area contributed by atoms with Crippen LogP contribution in [-0.4, -0.2) is 17.6 Å². The van der Waals surface area contributed by atoms with Crippen LogP contribution in [0.5, 0.6) is 0 Å². The number of nitrogens with zero attached hydrogens (tertiary/aromatic N) is 1. The molecule has 0 N–H and O–H groups in total. The molecule has 1 aromatic carbocycles. The number of ether oxygens (including phenoxy) is 1. The van der Waals surface area contributed by atoms with E-state index in [0.29, 0.717) is 28.8 Å². The lowest BCUT2D eigenvalue weighted by Crippen LogP contribution is -2.06. The number of carbonyl (C=O) groups is 1. The molecule has 0 saturated carbocycles. The number of aryl methyl sites for hydroxylation is 1. The fourth-order valence-electron chi connectivity index (χ4n) is 1.74. The van der Waals surface area contributed by atoms with Gasteiger partial charge in [-0.1, -0.05) is 29.3 Å². The summed E-state index contributed by atoms with van der Waals surface area (Å²) in [7, 11) is 0. The number of benzene rings is 1. The lowest BCUT2D eigenvalue weighted by Gasteiger charge is -2.00. The normalized spacial score (nSPS) is 10.6. The number of halogens is 2. The third-order valence-corrected chi connectivity index (χ3v) is 4.36. The van der Waals surface area contributed by atoms with Gasteiger partial charge in [-0.15, -0.1) is 11.3 Å². The summed E-state index contributed by atoms with van der Waals surface area (Å²) in [6.45, 7) is 3.98. The second kappa shape index (κ2) is 6.57. The van der Waals surface area contributed by atoms with Crippen molar-refractivity contribution in [3.63, 3.8) is 0 Å². The van der Waals surface area contributed by atoms with E-state index >= 15 is 0 Å². The van der Waals surface area contributed by atoms with Gasteiger partial charge in [0, 0.05) is 11.3 Å². The van der Waals surface area contributed by atoms with Crippen molar-refractivity contribution < 1.29 is 9.53 Å². The van der Waals surface area contributed by atoms with E-state index < -0.39 is 0 Å². The molecule has 0 aliphatic heterocycles. The van der Waals surface area contributed by atoms with E-state index in [1.165, 1.54) is 11.3 Å². The lowest BCUT2D eigenvalue weighted by molar-refractivity contribution is 0.0519. The summed E-state index contributed by atoms with van der Waals surface area (Å²) >= 11 is 13.4. The Balaban J connectivity index is 2.20. The molecular formula is C14H13Cl2NO2S. The number of thiazole rings is 1. The Hall–Kier alpha value is -1.10. The Morgan fingerprint density at radius 1 is 1.35 bits per heavy atom. The molecule has 0 spiro atoms. The topological polar surface area (TPSA) is 39.2 Å². The maximum absolute atomic E-state index is 11.7. The van der Waals surface area contributed by atoms with Crippen molar-refractivity contribution in [1.82, 2.24) is 4.98 Å². The molecule has 0 bridgehead atoms. The Bertz CT molecular complexity index is 640. The molecular weight excluding hydrogens is 317 g/mol. The molecule has 20 heavy (non-hydrogen) atoms. The quantitative estimate of drug-likeness (QED) is 0.774. The first-order valence-electron chi connectivity index (χ1n) is 6.08. The number of carbonyl (C=O) groups excluding carboxylic acids is 1. The number of hydrogen-bond donors (Lipinski definition) is 0. The first kappa shape index (κ1) is 15.3. The first-order chi connectivity index (χ1) is 9.51. The molecule has 0 aliphatic rings. The van der Waals surface area contributed by atoms with Crippen LogP contribution in [0, 0.1) is 6.92 Å². The number of rotatable bonds is 4. The molecule has 106 valence electrons. The van der Waals surface area contributed by atoms with E-state index in [9.17, 15) is 4.79 Å². The van der Waals surface area contributed by atoms with Gasteiger partial charge < -0.3 is 4.74 Å². The lowest BCUT2D eigenvalue weighted by atomic mass is 10.2. The Kier molecular flexibility index (Phi) is 5.02. The average Bonchev–Trinajstić information content (AvgIpc) is 2.75. The van der Waals surface area contributed by atoms with Crippen LogP contribution in [0.4, 0.5) is 0 Å². The predicted molar refractivity (Wildman–Crippen MR) is 82.1 cm³/mol. The monoisotopic (exact) mass is 329 g/mol. The van der Waals surface area contributed by atoms with Crippen molar-refractivity contribution in [2.45, 2.75) is 20.3 Å². The summed E-state index contributed by atoms with van der Waals surface area (Å²) < 4.78 is 4.97. The van der Waals surface area contributed by atoms with E-state index in [0.717, 1.165) is 15.4 Å². The number of aromatic nitrogens is 1. The van der Waals surface area contributed by atoms with Crippen molar-refractivity contribution in [2.75, 3.05) is 6.61 Å². The minimum atomic E-state index is -0.373. The van der Waals surface area contributed by atoms with Crippen molar-refractivity contribution >= 4 is 40.5 Å². The second-order valence-electron chi connectivity index (χ2n) is 4.16. The molecule has 0 aliphatic carbocycles. The fraction of sp³-hybridized carbons (Fsp3) is 0.286. The highest BCUT2D eigenvalue weighted by atomic mass is 35.5. The van der Waals surface area contributed by atoms with Crippen LogP contribution in [0.1, 0.15) is 32.9 Å². The summed E-state index contributed by atoms with van der Waals surface area (Å²) in [5.74, 6) is -0.373. The van der Waals surface area contributed by atoms with E-state index in [1.807, 2.05) is 19.1 Å². The highest BCUT2D eigenvalue weighted by molar-refractivity contribution is 7.11. The Morgan fingerprint density at radius 3 is 2.75 bits per heavy atom. The van der Waals surface area contributed by atoms with Crippen molar-refractivity contribution in [3.05, 3.63) is 49.4 Å². The second-order valence-corrected chi connectivity index (χ2v) is 6.26. The van der Waals surface area contributed by atoms with Gasteiger partial charge in [-0.25, -0.2) is 9.78 Å². The minimum absolute atomic E-state index is 0.345. The van der Waals surface area contributed by atoms with Crippen LogP contribution >= 0.6 is 34.5 Å². The van der Waals surface area contributed by atoms with Gasteiger partial charge in [-0.3, -0.25) is 0 Å². The van der Waals surface area contributed by atoms with Crippen molar-refractivity contribution in [1.29, 1.82) is 0 Å². The molecule has 0 fully saturated rings. The van der Waals surface area contributed by atoms with Gasteiger partial charge in [-0.05, 0) is 31.5 Å². The Morgan fingerprint density at radius 2 is 2.10 bits per heavy atom. The molecule has 6 heteroatoms. The van der Waals surface area contributed by atoms with Gasteiger partial charge in [0.1, 0.15) is 0 Å². The van der Waals surface area contributed by atoms with Crippen LogP contribution in [0.25, 0.3) is 0 Å². The van der Waals surface area contributed by atoms with Gasteiger partial charge >= 0.3 is 5.97 Å². The third-order valence-electron chi connectivity index (χ3n) is 2.65. The first-order valence-corrected chi connectivity index (χ1v) is 7.66. The van der Waals surface area contributed by atoms with Crippen LogP contribution in [-0.2, 0) is 11.2 Å². The zero-order valence-electron chi connectivity index (χ0n) is 11.1. The van der Waals surface area contributed by atoms with Gasteiger partial charge in [-0.2, -0.15) is 0 Å². The standard InChI is InChI=1S/C14H13Cl2NO2S/c1-3-19-14(18)13-8(2)20-12(17-13)7-9-4-5-10(15)11(16)6-9/h4-6H,3,7H2,1-2H3. The molecule has 0 atom stereocenters. The smallest absolute Gasteiger partial charge is 0.358 e. The molecule has 3 nitrogen and oxygen atoms in total. The highest BCUT2D eigenvalue weighted by Gasteiger charge is 2.16. The van der Waals surface area contributed by atoms with Crippen LogP contribution in [0.15, 0.2) is 18.2 Å². The summed E-state index contributed by atoms with van der Waals surface area (Å²) in [6, 6.07) is 5.46. The number of esters is 1. The maximum atomic E-state index is 11.7. The average molecular weight is 330 g/mol. The van der Waals surface area contributed by atoms with Gasteiger partial charge in [0.2, 0.25) is 0 Å². The zero-order chi connectivity index (χ0) is 14.7. The molecule has 0 unspecified atom stereocenters. The fourth-order valence-corrected chi connectivity index (χ4v) is 3.02. The molecule has 0 radical (unpaired) electrons. The van der Waals surface area contributed by atoms with E-state index in [-0.39, 0.29) is 5.97 Å². The molecule has 2 rings (SSSR count). The summed E-state index contributed by atoms with van der Waals surface area (Å²) in [5.41, 5.74) is 1.40. The van der Waals surface area contributed by atoms with Crippen LogP contribution < -0.4 is 0 Å². The molecule has 2 aromatic rings. The molecule has 1 aromatic heterocycles. The SMILES string of the molecule is CCOC(=O)c1nc(Cc2ccc(Cl)c(Cl)c2)sc1C. The van der Waals surface area contributed by atoms with Gasteiger partial charge in [0.25, 0.3) is 0 Å². The van der Waals surface area contributed by atoms with Crippen molar-refractivity contribution in [3.8, 4) is 0 Å². The van der Waals surface area contributed by atoms with E-state index in [4.69, 9.17) is 27.9 Å². The summed E-state index contributed by atoms with van der Waals surface area (Å²) in [4.78, 5) is 16.9. The molecule has 1 heterocycles. The van der Waals surface area contributed by atoms with Crippen molar-refractivity contribution in [2.24, 2.45) is 0 Å². The zero-order valence-corrected chi connectivity index (χ0v) is 13.4. The minimum Gasteiger partial charge on any atom is -0.461 e. The predicted octanol–water partition coefficient (Wildman–Crippen LogP) is 4.53. The summed E-state index contributed by atoms with van der Waals surface area (Å²) in [5, 5.41) is 1.89. The van der Waals surface area contributed by atoms with E-state index in [2.05, 4.69) is 4.98 Å². The Labute approximate surface area is 131 Å². The number of hydrogen-bond acceptors (Lipinski definition) is 4. The molecule has 0 amide bonds. The van der Waals surface area contributed by atoms with Crippen LogP contribution in [0.2, 0.25) is 10.0 Å². The van der Waals surface area contributed by atoms with Gasteiger partial charge in [0.15, 0.2) is 5.69 Å². The third kappa shape index (κ3) is 3.51. The summed E-state index contributed by atoms with van der Waals surface area (Å²) in [6.07, 6.45) is 0.613. The van der Waals surface area contributed by atoms with E-state index in [1.54, 1.807) is 13.0 Å². The van der Waals surface area contributed by atoms with Crippen LogP contribution in [0.3, 0.4) is 0 Å². The highest BCUT2D eigenvalue weighted by Crippen LogP contribution is 2.26.